The third-order valence-corrected chi connectivity index (χ3v) is 3.05. The van der Waals surface area contributed by atoms with Crippen molar-refractivity contribution in [3.63, 3.8) is 0 Å². The van der Waals surface area contributed by atoms with Crippen LogP contribution in [0.25, 0.3) is 0 Å². The lowest BCUT2D eigenvalue weighted by molar-refractivity contribution is 0.0492. The van der Waals surface area contributed by atoms with Crippen LogP contribution in [0.2, 0.25) is 0 Å². The molecule has 0 amide bonds. The van der Waals surface area contributed by atoms with E-state index in [1.54, 1.807) is 11.3 Å². The summed E-state index contributed by atoms with van der Waals surface area (Å²) in [6.07, 6.45) is 3.43. The predicted octanol–water partition coefficient (Wildman–Crippen LogP) is 3.23. The summed E-state index contributed by atoms with van der Waals surface area (Å²) in [5.41, 5.74) is 0.329. The van der Waals surface area contributed by atoms with E-state index in [0.29, 0.717) is 0 Å². The zero-order valence-corrected chi connectivity index (χ0v) is 9.03. The van der Waals surface area contributed by atoms with E-state index in [2.05, 4.69) is 13.5 Å². The molecule has 0 radical (unpaired) electrons. The van der Waals surface area contributed by atoms with E-state index in [1.165, 1.54) is 4.88 Å². The van der Waals surface area contributed by atoms with E-state index >= 15 is 0 Å². The smallest absolute Gasteiger partial charge is 0.0879 e. The predicted molar refractivity (Wildman–Crippen MR) is 58.1 cm³/mol. The maximum Gasteiger partial charge on any atom is 0.0879 e. The minimum Gasteiger partial charge on any atom is -0.385 e. The van der Waals surface area contributed by atoms with E-state index in [4.69, 9.17) is 0 Å². The summed E-state index contributed by atoms with van der Waals surface area (Å²) in [7, 11) is 0. The van der Waals surface area contributed by atoms with E-state index in [0.717, 1.165) is 18.4 Å². The Labute approximate surface area is 83.7 Å². The van der Waals surface area contributed by atoms with E-state index < -0.39 is 5.60 Å². The average Bonchev–Trinajstić information content (AvgIpc) is 2.49. The van der Waals surface area contributed by atoms with Crippen LogP contribution in [0.5, 0.6) is 0 Å². The zero-order chi connectivity index (χ0) is 9.90. The Kier molecular flexibility index (Phi) is 3.28. The lowest BCUT2D eigenvalue weighted by Gasteiger charge is -2.21. The number of allylic oxidation sites excluding steroid dienone is 1. The van der Waals surface area contributed by atoms with Crippen molar-refractivity contribution in [1.29, 1.82) is 0 Å². The van der Waals surface area contributed by atoms with Gasteiger partial charge >= 0.3 is 0 Å². The highest BCUT2D eigenvalue weighted by Gasteiger charge is 2.22. The Morgan fingerprint density at radius 1 is 1.69 bits per heavy atom. The van der Waals surface area contributed by atoms with Gasteiger partial charge in [-0.15, -0.1) is 17.9 Å². The van der Waals surface area contributed by atoms with Crippen molar-refractivity contribution in [1.82, 2.24) is 0 Å². The maximum atomic E-state index is 10.1. The van der Waals surface area contributed by atoms with Crippen molar-refractivity contribution in [3.05, 3.63) is 34.5 Å². The molecule has 1 aromatic rings. The first-order valence-corrected chi connectivity index (χ1v) is 5.33. The molecule has 72 valence electrons. The molecule has 0 bridgehead atoms. The second-order valence-corrected chi connectivity index (χ2v) is 4.66. The molecule has 0 aliphatic carbocycles. The topological polar surface area (TPSA) is 20.2 Å². The van der Waals surface area contributed by atoms with Crippen LogP contribution in [0.3, 0.4) is 0 Å². The summed E-state index contributed by atoms with van der Waals surface area (Å²) in [6, 6.07) is 2.05. The molecule has 2 heteroatoms. The summed E-state index contributed by atoms with van der Waals surface area (Å²) in [6.45, 7) is 7.57. The molecule has 0 aliphatic rings. The fraction of sp³-hybridized carbons (Fsp3) is 0.455. The normalized spacial score (nSPS) is 15.3. The minimum atomic E-state index is -0.695. The molecule has 1 unspecified atom stereocenters. The van der Waals surface area contributed by atoms with Crippen molar-refractivity contribution >= 4 is 11.3 Å². The Hall–Kier alpha value is -0.600. The number of rotatable bonds is 4. The molecule has 0 spiro atoms. The third kappa shape index (κ3) is 2.68. The molecule has 0 fully saturated rings. The second kappa shape index (κ2) is 4.07. The Balaban J connectivity index is 2.74. The summed E-state index contributed by atoms with van der Waals surface area (Å²) in [4.78, 5) is 1.24. The molecular formula is C11H16OS. The van der Waals surface area contributed by atoms with Crippen LogP contribution in [0.4, 0.5) is 0 Å². The molecule has 0 saturated heterocycles. The monoisotopic (exact) mass is 196 g/mol. The summed E-state index contributed by atoms with van der Waals surface area (Å²) >= 11 is 1.68. The van der Waals surface area contributed by atoms with Crippen LogP contribution >= 0.6 is 11.3 Å². The molecule has 1 heterocycles. The van der Waals surface area contributed by atoms with Crippen molar-refractivity contribution < 1.29 is 5.11 Å². The van der Waals surface area contributed by atoms with Gasteiger partial charge in [0.15, 0.2) is 0 Å². The molecular weight excluding hydrogens is 180 g/mol. The van der Waals surface area contributed by atoms with Gasteiger partial charge in [0.25, 0.3) is 0 Å². The molecule has 0 aromatic carbocycles. The lowest BCUT2D eigenvalue weighted by Crippen LogP contribution is -2.19. The van der Waals surface area contributed by atoms with Crippen molar-refractivity contribution in [3.8, 4) is 0 Å². The summed E-state index contributed by atoms with van der Waals surface area (Å²) in [5.74, 6) is 0. The van der Waals surface area contributed by atoms with E-state index in [9.17, 15) is 5.11 Å². The average molecular weight is 196 g/mol. The fourth-order valence-electron chi connectivity index (χ4n) is 1.25. The second-order valence-electron chi connectivity index (χ2n) is 3.55. The number of thiophene rings is 1. The standard InChI is InChI=1S/C11H16OS/c1-4-5-6-11(3,12)10-7-9(2)13-8-10/h4,7-8,12H,1,5-6H2,2-3H3. The quantitative estimate of drug-likeness (QED) is 0.733. The Bertz CT molecular complexity index is 286. The van der Waals surface area contributed by atoms with Crippen LogP contribution in [0, 0.1) is 6.92 Å². The molecule has 13 heavy (non-hydrogen) atoms. The molecule has 1 aromatic heterocycles. The van der Waals surface area contributed by atoms with Gasteiger partial charge in [-0.3, -0.25) is 0 Å². The minimum absolute atomic E-state index is 0.695. The van der Waals surface area contributed by atoms with Gasteiger partial charge in [-0.25, -0.2) is 0 Å². The number of hydrogen-bond donors (Lipinski definition) is 1. The van der Waals surface area contributed by atoms with E-state index in [-0.39, 0.29) is 0 Å². The number of hydrogen-bond acceptors (Lipinski definition) is 2. The highest BCUT2D eigenvalue weighted by atomic mass is 32.1. The van der Waals surface area contributed by atoms with Gasteiger partial charge in [0.1, 0.15) is 0 Å². The van der Waals surface area contributed by atoms with Gasteiger partial charge in [-0.2, -0.15) is 0 Å². The molecule has 1 rings (SSSR count). The van der Waals surface area contributed by atoms with E-state index in [1.807, 2.05) is 24.4 Å². The largest absolute Gasteiger partial charge is 0.385 e. The highest BCUT2D eigenvalue weighted by Crippen LogP contribution is 2.29. The summed E-state index contributed by atoms with van der Waals surface area (Å²) in [5, 5.41) is 12.1. The first-order chi connectivity index (χ1) is 6.06. The first-order valence-electron chi connectivity index (χ1n) is 4.45. The third-order valence-electron chi connectivity index (χ3n) is 2.19. The van der Waals surface area contributed by atoms with Gasteiger partial charge in [-0.05, 0) is 43.7 Å². The van der Waals surface area contributed by atoms with Crippen LogP contribution < -0.4 is 0 Å². The molecule has 0 aliphatic heterocycles. The van der Waals surface area contributed by atoms with Gasteiger partial charge in [0.2, 0.25) is 0 Å². The molecule has 0 saturated carbocycles. The van der Waals surface area contributed by atoms with Crippen molar-refractivity contribution in [2.45, 2.75) is 32.3 Å². The fourth-order valence-corrected chi connectivity index (χ4v) is 2.08. The molecule has 1 nitrogen and oxygen atoms in total. The number of aliphatic hydroxyl groups is 1. The zero-order valence-electron chi connectivity index (χ0n) is 8.21. The van der Waals surface area contributed by atoms with Gasteiger partial charge in [0.05, 0.1) is 5.60 Å². The Morgan fingerprint density at radius 2 is 2.38 bits per heavy atom. The van der Waals surface area contributed by atoms with Crippen LogP contribution in [0.1, 0.15) is 30.2 Å². The number of aryl methyl sites for hydroxylation is 1. The molecule has 1 atom stereocenters. The van der Waals surface area contributed by atoms with Crippen LogP contribution in [-0.2, 0) is 5.60 Å². The van der Waals surface area contributed by atoms with Crippen LogP contribution in [-0.4, -0.2) is 5.11 Å². The van der Waals surface area contributed by atoms with Gasteiger partial charge in [0, 0.05) is 4.88 Å². The lowest BCUT2D eigenvalue weighted by atomic mass is 9.93. The van der Waals surface area contributed by atoms with Crippen molar-refractivity contribution in [2.75, 3.05) is 0 Å². The SMILES string of the molecule is C=CCCC(C)(O)c1csc(C)c1. The van der Waals surface area contributed by atoms with Gasteiger partial charge in [-0.1, -0.05) is 6.08 Å². The molecule has 1 N–H and O–H groups in total. The van der Waals surface area contributed by atoms with Gasteiger partial charge < -0.3 is 5.11 Å². The van der Waals surface area contributed by atoms with Crippen LogP contribution in [0.15, 0.2) is 24.1 Å². The first kappa shape index (κ1) is 10.5. The van der Waals surface area contributed by atoms with Crippen molar-refractivity contribution in [2.24, 2.45) is 0 Å². The summed E-state index contributed by atoms with van der Waals surface area (Å²) < 4.78 is 0. The highest BCUT2D eigenvalue weighted by molar-refractivity contribution is 7.10. The Morgan fingerprint density at radius 3 is 2.85 bits per heavy atom. The maximum absolute atomic E-state index is 10.1.